The van der Waals surface area contributed by atoms with Gasteiger partial charge in [0.05, 0.1) is 0 Å². The van der Waals surface area contributed by atoms with E-state index in [4.69, 9.17) is 0 Å². The van der Waals surface area contributed by atoms with E-state index in [0.29, 0.717) is 0 Å². The fourth-order valence-electron chi connectivity index (χ4n) is 1.95. The zero-order valence-corrected chi connectivity index (χ0v) is 11.1. The van der Waals surface area contributed by atoms with Crippen molar-refractivity contribution in [3.05, 3.63) is 6.42 Å². The third kappa shape index (κ3) is 14.0. The summed E-state index contributed by atoms with van der Waals surface area (Å²) in [6, 6.07) is 0. The Morgan fingerprint density at radius 3 is 1.60 bits per heavy atom. The molecule has 0 fully saturated rings. The maximum atomic E-state index is 2.46. The van der Waals surface area contributed by atoms with Crippen LogP contribution in [0.25, 0.3) is 0 Å². The predicted octanol–water partition coefficient (Wildman–Crippen LogP) is 5.91. The summed E-state index contributed by atoms with van der Waals surface area (Å²) in [6.07, 6.45) is 19.5. The van der Waals surface area contributed by atoms with E-state index in [1.54, 1.807) is 0 Å². The highest BCUT2D eigenvalue weighted by atomic mass is 14.0. The first-order valence-corrected chi connectivity index (χ1v) is 7.23. The molecule has 0 N–H and O–H groups in total. The molecule has 0 amide bonds. The first-order chi connectivity index (χ1) is 7.41. The molecule has 0 aromatic rings. The summed E-state index contributed by atoms with van der Waals surface area (Å²) in [5, 5.41) is 0. The molecule has 1 radical (unpaired) electrons. The summed E-state index contributed by atoms with van der Waals surface area (Å²) in [6.45, 7) is 4.54. The highest BCUT2D eigenvalue weighted by Crippen LogP contribution is 2.11. The van der Waals surface area contributed by atoms with Gasteiger partial charge in [0.25, 0.3) is 0 Å². The SMILES string of the molecule is CCC[CH]CCCCCCCCCCC. The van der Waals surface area contributed by atoms with Crippen LogP contribution in [0.4, 0.5) is 0 Å². The van der Waals surface area contributed by atoms with Crippen LogP contribution in [0.1, 0.15) is 90.9 Å². The van der Waals surface area contributed by atoms with Crippen LogP contribution in [-0.2, 0) is 0 Å². The lowest BCUT2D eigenvalue weighted by Gasteiger charge is -2.01. The Morgan fingerprint density at radius 2 is 1.07 bits per heavy atom. The minimum absolute atomic E-state index is 1.32. The van der Waals surface area contributed by atoms with E-state index in [1.165, 1.54) is 77.0 Å². The Labute approximate surface area is 97.8 Å². The molecule has 0 nitrogen and oxygen atoms in total. The maximum Gasteiger partial charge on any atom is -0.0386 e. The second-order valence-electron chi connectivity index (χ2n) is 4.69. The van der Waals surface area contributed by atoms with Crippen LogP contribution in [0.2, 0.25) is 0 Å². The molecule has 0 aliphatic heterocycles. The topological polar surface area (TPSA) is 0 Å². The van der Waals surface area contributed by atoms with Gasteiger partial charge in [-0.25, -0.2) is 0 Å². The van der Waals surface area contributed by atoms with E-state index in [-0.39, 0.29) is 0 Å². The molecule has 0 atom stereocenters. The molecule has 0 spiro atoms. The lowest BCUT2D eigenvalue weighted by Crippen LogP contribution is -1.82. The molecular weight excluding hydrogens is 180 g/mol. The van der Waals surface area contributed by atoms with Crippen LogP contribution in [-0.4, -0.2) is 0 Å². The van der Waals surface area contributed by atoms with Crippen molar-refractivity contribution < 1.29 is 0 Å². The highest BCUT2D eigenvalue weighted by molar-refractivity contribution is 4.62. The summed E-state index contributed by atoms with van der Waals surface area (Å²) >= 11 is 0. The standard InChI is InChI=1S/C15H31/c1-3-5-7-9-11-13-15-14-12-10-8-6-4-2/h7H,3-6,8-15H2,1-2H3. The molecule has 0 unspecified atom stereocenters. The predicted molar refractivity (Wildman–Crippen MR) is 71.1 cm³/mol. The average Bonchev–Trinajstić information content (AvgIpc) is 2.26. The first kappa shape index (κ1) is 15.0. The second kappa shape index (κ2) is 14.0. The fourth-order valence-corrected chi connectivity index (χ4v) is 1.95. The zero-order chi connectivity index (χ0) is 11.2. The van der Waals surface area contributed by atoms with Gasteiger partial charge in [0, 0.05) is 0 Å². The van der Waals surface area contributed by atoms with Crippen molar-refractivity contribution in [2.45, 2.75) is 90.9 Å². The quantitative estimate of drug-likeness (QED) is 0.352. The molecule has 15 heavy (non-hydrogen) atoms. The number of rotatable bonds is 12. The van der Waals surface area contributed by atoms with E-state index in [0.717, 1.165) is 0 Å². The van der Waals surface area contributed by atoms with Gasteiger partial charge in [-0.2, -0.15) is 0 Å². The van der Waals surface area contributed by atoms with E-state index in [2.05, 4.69) is 20.3 Å². The van der Waals surface area contributed by atoms with Crippen molar-refractivity contribution >= 4 is 0 Å². The van der Waals surface area contributed by atoms with Crippen LogP contribution in [0.3, 0.4) is 0 Å². The van der Waals surface area contributed by atoms with Gasteiger partial charge in [-0.3, -0.25) is 0 Å². The molecule has 91 valence electrons. The van der Waals surface area contributed by atoms with Crippen molar-refractivity contribution in [2.75, 3.05) is 0 Å². The third-order valence-electron chi connectivity index (χ3n) is 3.00. The molecule has 0 aromatic heterocycles. The van der Waals surface area contributed by atoms with Gasteiger partial charge in [0.2, 0.25) is 0 Å². The fraction of sp³-hybridized carbons (Fsp3) is 0.933. The van der Waals surface area contributed by atoms with E-state index >= 15 is 0 Å². The van der Waals surface area contributed by atoms with Crippen molar-refractivity contribution in [1.29, 1.82) is 0 Å². The first-order valence-electron chi connectivity index (χ1n) is 7.23. The molecule has 0 heteroatoms. The van der Waals surface area contributed by atoms with Crippen LogP contribution in [0.15, 0.2) is 0 Å². The maximum absolute atomic E-state index is 2.46. The van der Waals surface area contributed by atoms with Gasteiger partial charge < -0.3 is 0 Å². The van der Waals surface area contributed by atoms with Gasteiger partial charge in [0.1, 0.15) is 0 Å². The zero-order valence-electron chi connectivity index (χ0n) is 11.1. The molecule has 0 heterocycles. The Hall–Kier alpha value is 0. The van der Waals surface area contributed by atoms with Gasteiger partial charge >= 0.3 is 0 Å². The van der Waals surface area contributed by atoms with E-state index in [1.807, 2.05) is 0 Å². The van der Waals surface area contributed by atoms with Crippen LogP contribution < -0.4 is 0 Å². The monoisotopic (exact) mass is 211 g/mol. The van der Waals surface area contributed by atoms with E-state index in [9.17, 15) is 0 Å². The smallest absolute Gasteiger partial charge is 0.0386 e. The molecule has 0 saturated carbocycles. The Morgan fingerprint density at radius 1 is 0.533 bits per heavy atom. The normalized spacial score (nSPS) is 10.8. The summed E-state index contributed by atoms with van der Waals surface area (Å²) in [4.78, 5) is 0. The van der Waals surface area contributed by atoms with Gasteiger partial charge in [-0.15, -0.1) is 0 Å². The number of hydrogen-bond acceptors (Lipinski definition) is 0. The Bertz CT molecular complexity index is 84.2. The van der Waals surface area contributed by atoms with Crippen molar-refractivity contribution in [3.63, 3.8) is 0 Å². The van der Waals surface area contributed by atoms with Crippen LogP contribution in [0, 0.1) is 6.42 Å². The molecule has 0 aromatic carbocycles. The number of hydrogen-bond donors (Lipinski definition) is 0. The molecule has 0 saturated heterocycles. The van der Waals surface area contributed by atoms with Gasteiger partial charge in [-0.1, -0.05) is 90.9 Å². The Balaban J connectivity index is 2.81. The highest BCUT2D eigenvalue weighted by Gasteiger charge is 1.92. The van der Waals surface area contributed by atoms with Gasteiger partial charge in [0.15, 0.2) is 0 Å². The lowest BCUT2D eigenvalue weighted by molar-refractivity contribution is 0.561. The van der Waals surface area contributed by atoms with Crippen molar-refractivity contribution in [3.8, 4) is 0 Å². The summed E-state index contributed by atoms with van der Waals surface area (Å²) in [5.41, 5.74) is 0. The minimum atomic E-state index is 1.32. The average molecular weight is 211 g/mol. The molecule has 0 aliphatic rings. The minimum Gasteiger partial charge on any atom is -0.0654 e. The second-order valence-corrected chi connectivity index (χ2v) is 4.69. The summed E-state index contributed by atoms with van der Waals surface area (Å²) in [7, 11) is 0. The van der Waals surface area contributed by atoms with Gasteiger partial charge in [-0.05, 0) is 6.42 Å². The van der Waals surface area contributed by atoms with Crippen molar-refractivity contribution in [2.24, 2.45) is 0 Å². The number of unbranched alkanes of at least 4 members (excludes halogenated alkanes) is 12. The lowest BCUT2D eigenvalue weighted by atomic mass is 10.1. The molecule has 0 bridgehead atoms. The van der Waals surface area contributed by atoms with Crippen LogP contribution >= 0.6 is 0 Å². The summed E-state index contributed by atoms with van der Waals surface area (Å²) < 4.78 is 0. The van der Waals surface area contributed by atoms with Crippen LogP contribution in [0.5, 0.6) is 0 Å². The molecular formula is C15H31. The third-order valence-corrected chi connectivity index (χ3v) is 3.00. The van der Waals surface area contributed by atoms with E-state index < -0.39 is 0 Å². The Kier molecular flexibility index (Phi) is 14.0. The largest absolute Gasteiger partial charge is 0.0654 e. The van der Waals surface area contributed by atoms with Crippen molar-refractivity contribution in [1.82, 2.24) is 0 Å². The summed E-state index contributed by atoms with van der Waals surface area (Å²) in [5.74, 6) is 0. The molecule has 0 aliphatic carbocycles. The molecule has 0 rings (SSSR count).